The van der Waals surface area contributed by atoms with E-state index < -0.39 is 0 Å². The number of rotatable bonds is 1. The Morgan fingerprint density at radius 3 is 2.44 bits per heavy atom. The predicted octanol–water partition coefficient (Wildman–Crippen LogP) is 1.98. The normalized spacial score (nSPS) is 17.8. The molecule has 2 N–H and O–H groups in total. The minimum atomic E-state index is 0.757. The van der Waals surface area contributed by atoms with Crippen LogP contribution in [-0.2, 0) is 0 Å². The molecule has 0 saturated carbocycles. The van der Waals surface area contributed by atoms with Crippen molar-refractivity contribution in [3.05, 3.63) is 22.7 Å². The molecule has 1 fully saturated rings. The second kappa shape index (κ2) is 4.52. The highest BCUT2D eigenvalue weighted by molar-refractivity contribution is 6.33. The highest BCUT2D eigenvalue weighted by Crippen LogP contribution is 2.30. The minimum absolute atomic E-state index is 0.757. The molecule has 0 aliphatic carbocycles. The van der Waals surface area contributed by atoms with Gasteiger partial charge in [0.25, 0.3) is 0 Å². The lowest BCUT2D eigenvalue weighted by molar-refractivity contribution is 0.313. The molecular formula is C12H18ClN3. The van der Waals surface area contributed by atoms with Crippen molar-refractivity contribution in [3.8, 4) is 0 Å². The van der Waals surface area contributed by atoms with E-state index in [4.69, 9.17) is 17.3 Å². The Bertz CT molecular complexity index is 384. The zero-order valence-electron chi connectivity index (χ0n) is 9.83. The number of nitrogen functional groups attached to an aromatic ring is 1. The van der Waals surface area contributed by atoms with Gasteiger partial charge in [-0.05, 0) is 31.7 Å². The van der Waals surface area contributed by atoms with Crippen LogP contribution in [0.15, 0.2) is 12.1 Å². The van der Waals surface area contributed by atoms with Crippen molar-refractivity contribution in [2.75, 3.05) is 43.9 Å². The van der Waals surface area contributed by atoms with Gasteiger partial charge in [0.2, 0.25) is 0 Å². The van der Waals surface area contributed by atoms with Crippen molar-refractivity contribution >= 4 is 23.0 Å². The fourth-order valence-corrected chi connectivity index (χ4v) is 2.26. The van der Waals surface area contributed by atoms with Crippen LogP contribution in [0.1, 0.15) is 5.56 Å². The van der Waals surface area contributed by atoms with Gasteiger partial charge in [-0.3, -0.25) is 0 Å². The number of nitrogens with two attached hydrogens (primary N) is 1. The molecule has 1 aromatic carbocycles. The van der Waals surface area contributed by atoms with Gasteiger partial charge in [0, 0.05) is 31.9 Å². The van der Waals surface area contributed by atoms with E-state index in [-0.39, 0.29) is 0 Å². The molecular weight excluding hydrogens is 222 g/mol. The molecule has 1 aromatic rings. The third kappa shape index (κ3) is 2.25. The van der Waals surface area contributed by atoms with Crippen molar-refractivity contribution in [2.45, 2.75) is 6.92 Å². The summed E-state index contributed by atoms with van der Waals surface area (Å²) >= 11 is 6.24. The van der Waals surface area contributed by atoms with Gasteiger partial charge >= 0.3 is 0 Å². The number of halogens is 1. The first-order valence-electron chi connectivity index (χ1n) is 5.57. The Hall–Kier alpha value is -0.930. The molecule has 88 valence electrons. The topological polar surface area (TPSA) is 32.5 Å². The third-order valence-electron chi connectivity index (χ3n) is 3.18. The molecule has 1 saturated heterocycles. The van der Waals surface area contributed by atoms with E-state index in [1.807, 2.05) is 13.0 Å². The Kier molecular flexibility index (Phi) is 3.26. The van der Waals surface area contributed by atoms with Gasteiger partial charge in [-0.15, -0.1) is 0 Å². The van der Waals surface area contributed by atoms with Gasteiger partial charge in [-0.25, -0.2) is 0 Å². The summed E-state index contributed by atoms with van der Waals surface area (Å²) in [5.41, 5.74) is 8.80. The molecule has 0 atom stereocenters. The van der Waals surface area contributed by atoms with Crippen LogP contribution < -0.4 is 10.6 Å². The maximum atomic E-state index is 6.24. The highest BCUT2D eigenvalue weighted by Gasteiger charge is 2.17. The number of piperazine rings is 1. The summed E-state index contributed by atoms with van der Waals surface area (Å²) < 4.78 is 0. The molecule has 0 radical (unpaired) electrons. The number of likely N-dealkylation sites (N-methyl/N-ethyl adjacent to an activating group) is 1. The monoisotopic (exact) mass is 239 g/mol. The fourth-order valence-electron chi connectivity index (χ4n) is 1.97. The van der Waals surface area contributed by atoms with E-state index in [0.717, 1.165) is 48.1 Å². The summed E-state index contributed by atoms with van der Waals surface area (Å²) in [5, 5.41) is 0.757. The molecule has 4 heteroatoms. The number of aryl methyl sites for hydroxylation is 1. The predicted molar refractivity (Wildman–Crippen MR) is 70.3 cm³/mol. The zero-order chi connectivity index (χ0) is 11.7. The molecule has 0 bridgehead atoms. The first-order valence-corrected chi connectivity index (χ1v) is 5.95. The first-order chi connectivity index (χ1) is 7.58. The second-order valence-electron chi connectivity index (χ2n) is 4.45. The summed E-state index contributed by atoms with van der Waals surface area (Å²) in [6.07, 6.45) is 0. The molecule has 2 rings (SSSR count). The zero-order valence-corrected chi connectivity index (χ0v) is 10.6. The minimum Gasteiger partial charge on any atom is -0.398 e. The Morgan fingerprint density at radius 2 is 1.81 bits per heavy atom. The molecule has 16 heavy (non-hydrogen) atoms. The van der Waals surface area contributed by atoms with Gasteiger partial charge in [-0.2, -0.15) is 0 Å². The number of hydrogen-bond donors (Lipinski definition) is 1. The lowest BCUT2D eigenvalue weighted by atomic mass is 10.1. The number of nitrogens with zero attached hydrogens (tertiary/aromatic N) is 2. The highest BCUT2D eigenvalue weighted by atomic mass is 35.5. The average Bonchev–Trinajstić information content (AvgIpc) is 2.25. The Balaban J connectivity index is 2.23. The van der Waals surface area contributed by atoms with E-state index in [2.05, 4.69) is 22.9 Å². The van der Waals surface area contributed by atoms with Gasteiger partial charge in [0.05, 0.1) is 10.7 Å². The Morgan fingerprint density at radius 1 is 1.19 bits per heavy atom. The van der Waals surface area contributed by atoms with E-state index >= 15 is 0 Å². The van der Waals surface area contributed by atoms with Crippen LogP contribution in [0.5, 0.6) is 0 Å². The summed E-state index contributed by atoms with van der Waals surface area (Å²) in [4.78, 5) is 4.66. The summed E-state index contributed by atoms with van der Waals surface area (Å²) in [6.45, 7) is 6.24. The summed E-state index contributed by atoms with van der Waals surface area (Å²) in [5.74, 6) is 0. The molecule has 0 amide bonds. The van der Waals surface area contributed by atoms with Gasteiger partial charge in [0.15, 0.2) is 0 Å². The number of benzene rings is 1. The molecule has 1 aliphatic heterocycles. The van der Waals surface area contributed by atoms with Crippen molar-refractivity contribution in [3.63, 3.8) is 0 Å². The van der Waals surface area contributed by atoms with Crippen LogP contribution in [0.2, 0.25) is 5.02 Å². The number of hydrogen-bond acceptors (Lipinski definition) is 3. The molecule has 1 heterocycles. The smallest absolute Gasteiger partial charge is 0.0660 e. The van der Waals surface area contributed by atoms with Crippen molar-refractivity contribution in [1.29, 1.82) is 0 Å². The van der Waals surface area contributed by atoms with Crippen LogP contribution in [0.4, 0.5) is 11.4 Å². The maximum Gasteiger partial charge on any atom is 0.0660 e. The molecule has 1 aliphatic rings. The van der Waals surface area contributed by atoms with E-state index in [1.165, 1.54) is 0 Å². The van der Waals surface area contributed by atoms with Crippen LogP contribution in [0.3, 0.4) is 0 Å². The van der Waals surface area contributed by atoms with Crippen molar-refractivity contribution in [2.24, 2.45) is 0 Å². The van der Waals surface area contributed by atoms with Gasteiger partial charge in [0.1, 0.15) is 0 Å². The van der Waals surface area contributed by atoms with Crippen LogP contribution in [-0.4, -0.2) is 38.1 Å². The first kappa shape index (κ1) is 11.6. The third-order valence-corrected chi connectivity index (χ3v) is 3.48. The lowest BCUT2D eigenvalue weighted by Crippen LogP contribution is -2.44. The van der Waals surface area contributed by atoms with Gasteiger partial charge in [-0.1, -0.05) is 11.6 Å². The van der Waals surface area contributed by atoms with Crippen molar-refractivity contribution < 1.29 is 0 Å². The maximum absolute atomic E-state index is 6.24. The second-order valence-corrected chi connectivity index (χ2v) is 4.86. The van der Waals surface area contributed by atoms with Gasteiger partial charge < -0.3 is 15.5 Å². The fraction of sp³-hybridized carbons (Fsp3) is 0.500. The van der Waals surface area contributed by atoms with Crippen LogP contribution >= 0.6 is 11.6 Å². The molecule has 0 unspecified atom stereocenters. The largest absolute Gasteiger partial charge is 0.398 e. The van der Waals surface area contributed by atoms with E-state index in [1.54, 1.807) is 0 Å². The SMILES string of the molecule is Cc1cc(N2CCN(C)CC2)c(Cl)cc1N. The number of anilines is 2. The van der Waals surface area contributed by atoms with E-state index in [9.17, 15) is 0 Å². The van der Waals surface area contributed by atoms with Crippen molar-refractivity contribution in [1.82, 2.24) is 4.90 Å². The summed E-state index contributed by atoms with van der Waals surface area (Å²) in [6, 6.07) is 3.94. The van der Waals surface area contributed by atoms with E-state index in [0.29, 0.717) is 0 Å². The lowest BCUT2D eigenvalue weighted by Gasteiger charge is -2.34. The average molecular weight is 240 g/mol. The molecule has 3 nitrogen and oxygen atoms in total. The molecule has 0 spiro atoms. The Labute approximate surface area is 102 Å². The molecule has 0 aromatic heterocycles. The summed E-state index contributed by atoms with van der Waals surface area (Å²) in [7, 11) is 2.15. The standard InChI is InChI=1S/C12H18ClN3/c1-9-7-12(10(13)8-11(9)14)16-5-3-15(2)4-6-16/h7-8H,3-6,14H2,1-2H3. The van der Waals surface area contributed by atoms with Crippen LogP contribution in [0.25, 0.3) is 0 Å². The quantitative estimate of drug-likeness (QED) is 0.761. The van der Waals surface area contributed by atoms with Crippen LogP contribution in [0, 0.1) is 6.92 Å².